The zero-order chi connectivity index (χ0) is 21.8. The number of ether oxygens (including phenoxy) is 3. The van der Waals surface area contributed by atoms with Crippen molar-refractivity contribution in [3.8, 4) is 17.2 Å². The lowest BCUT2D eigenvalue weighted by atomic mass is 10.1. The summed E-state index contributed by atoms with van der Waals surface area (Å²) in [5.41, 5.74) is 3.75. The van der Waals surface area contributed by atoms with Crippen LogP contribution in [0.1, 0.15) is 37.1 Å². The molecule has 0 spiro atoms. The van der Waals surface area contributed by atoms with Crippen LogP contribution in [0.2, 0.25) is 0 Å². The second kappa shape index (κ2) is 9.29. The number of nitrogens with one attached hydrogen (secondary N) is 1. The zero-order valence-corrected chi connectivity index (χ0v) is 18.4. The van der Waals surface area contributed by atoms with Crippen molar-refractivity contribution < 1.29 is 19.0 Å². The van der Waals surface area contributed by atoms with Crippen molar-refractivity contribution in [1.82, 2.24) is 9.55 Å². The molecule has 0 radical (unpaired) electrons. The van der Waals surface area contributed by atoms with Gasteiger partial charge in [0.15, 0.2) is 11.5 Å². The van der Waals surface area contributed by atoms with Gasteiger partial charge in [-0.15, -0.1) is 0 Å². The Balaban J connectivity index is 1.45. The van der Waals surface area contributed by atoms with Gasteiger partial charge in [-0.2, -0.15) is 0 Å². The number of anilines is 1. The molecule has 0 saturated carbocycles. The lowest BCUT2D eigenvalue weighted by Gasteiger charge is -2.15. The van der Waals surface area contributed by atoms with E-state index in [1.54, 1.807) is 21.3 Å². The minimum absolute atomic E-state index is 0.0584. The maximum absolute atomic E-state index is 12.6. The zero-order valence-electron chi connectivity index (χ0n) is 18.4. The smallest absolute Gasteiger partial charge is 0.224 e. The number of rotatable bonds is 7. The molecular formula is C24H29N3O4. The van der Waals surface area contributed by atoms with E-state index < -0.39 is 0 Å². The fraction of sp³-hybridized carbons (Fsp3) is 0.417. The van der Waals surface area contributed by atoms with Gasteiger partial charge in [0.2, 0.25) is 11.7 Å². The van der Waals surface area contributed by atoms with Crippen LogP contribution in [0, 0.1) is 0 Å². The predicted molar refractivity (Wildman–Crippen MR) is 120 cm³/mol. The number of aryl methyl sites for hydroxylation is 3. The topological polar surface area (TPSA) is 74.6 Å². The van der Waals surface area contributed by atoms with Crippen molar-refractivity contribution in [3.05, 3.63) is 41.7 Å². The number of imidazole rings is 1. The van der Waals surface area contributed by atoms with E-state index in [1.807, 2.05) is 24.3 Å². The lowest BCUT2D eigenvalue weighted by Crippen LogP contribution is -2.12. The molecule has 4 rings (SSSR count). The van der Waals surface area contributed by atoms with Gasteiger partial charge in [0.1, 0.15) is 5.82 Å². The van der Waals surface area contributed by atoms with Crippen molar-refractivity contribution in [1.29, 1.82) is 0 Å². The Morgan fingerprint density at radius 2 is 1.87 bits per heavy atom. The number of fused-ring (bicyclic) bond motifs is 3. The number of carbonyl (C=O) groups is 1. The van der Waals surface area contributed by atoms with Gasteiger partial charge in [0.05, 0.1) is 32.4 Å². The van der Waals surface area contributed by atoms with Gasteiger partial charge in [0.25, 0.3) is 0 Å². The molecule has 3 aromatic rings. The summed E-state index contributed by atoms with van der Waals surface area (Å²) in [4.78, 5) is 17.4. The molecule has 1 amide bonds. The van der Waals surface area contributed by atoms with Crippen LogP contribution in [0.4, 0.5) is 5.69 Å². The van der Waals surface area contributed by atoms with Gasteiger partial charge in [0, 0.05) is 25.1 Å². The van der Waals surface area contributed by atoms with Crippen LogP contribution in [0.15, 0.2) is 30.3 Å². The first-order valence-corrected chi connectivity index (χ1v) is 10.7. The van der Waals surface area contributed by atoms with Gasteiger partial charge in [-0.25, -0.2) is 4.98 Å². The Morgan fingerprint density at radius 3 is 2.65 bits per heavy atom. The number of hydrogen-bond donors (Lipinski definition) is 1. The monoisotopic (exact) mass is 423 g/mol. The van der Waals surface area contributed by atoms with Crippen LogP contribution >= 0.6 is 0 Å². The van der Waals surface area contributed by atoms with E-state index in [-0.39, 0.29) is 5.91 Å². The van der Waals surface area contributed by atoms with Crippen molar-refractivity contribution in [2.24, 2.45) is 0 Å². The Morgan fingerprint density at radius 1 is 1.03 bits per heavy atom. The van der Waals surface area contributed by atoms with Gasteiger partial charge in [-0.1, -0.05) is 12.5 Å². The molecule has 2 heterocycles. The molecule has 0 unspecified atom stereocenters. The van der Waals surface area contributed by atoms with Gasteiger partial charge in [-0.05, 0) is 49.1 Å². The minimum Gasteiger partial charge on any atom is -0.493 e. The maximum Gasteiger partial charge on any atom is 0.224 e. The molecule has 1 aliphatic heterocycles. The molecule has 7 heteroatoms. The molecule has 31 heavy (non-hydrogen) atoms. The van der Waals surface area contributed by atoms with E-state index in [4.69, 9.17) is 19.2 Å². The summed E-state index contributed by atoms with van der Waals surface area (Å²) in [5.74, 6) is 2.82. The first-order chi connectivity index (χ1) is 15.1. The molecule has 0 aliphatic carbocycles. The molecule has 2 aromatic carbocycles. The highest BCUT2D eigenvalue weighted by Crippen LogP contribution is 2.40. The quantitative estimate of drug-likeness (QED) is 0.611. The fourth-order valence-corrected chi connectivity index (χ4v) is 4.26. The van der Waals surface area contributed by atoms with E-state index in [2.05, 4.69) is 16.0 Å². The molecule has 0 saturated heterocycles. The second-order valence-corrected chi connectivity index (χ2v) is 7.74. The normalized spacial score (nSPS) is 13.4. The molecule has 1 N–H and O–H groups in total. The number of benzene rings is 2. The number of hydrogen-bond acceptors (Lipinski definition) is 5. The SMILES string of the molecule is COc1ccc(CCC(=O)Nc2ccc3c(c2)nc2n3CCCCC2)c(OC)c1OC. The third-order valence-electron chi connectivity index (χ3n) is 5.80. The largest absolute Gasteiger partial charge is 0.493 e. The maximum atomic E-state index is 12.6. The van der Waals surface area contributed by atoms with Gasteiger partial charge >= 0.3 is 0 Å². The number of methoxy groups -OCH3 is 3. The van der Waals surface area contributed by atoms with Crippen LogP contribution in [-0.2, 0) is 24.2 Å². The summed E-state index contributed by atoms with van der Waals surface area (Å²) in [7, 11) is 4.74. The van der Waals surface area contributed by atoms with Crippen LogP contribution < -0.4 is 19.5 Å². The van der Waals surface area contributed by atoms with Crippen LogP contribution in [0.5, 0.6) is 17.2 Å². The van der Waals surface area contributed by atoms with Crippen molar-refractivity contribution in [2.45, 2.75) is 45.1 Å². The summed E-state index contributed by atoms with van der Waals surface area (Å²) >= 11 is 0. The van der Waals surface area contributed by atoms with Gasteiger partial charge in [-0.3, -0.25) is 4.79 Å². The first kappa shape index (κ1) is 21.0. The summed E-state index contributed by atoms with van der Waals surface area (Å²) in [5, 5.41) is 3.00. The molecule has 164 valence electrons. The average Bonchev–Trinajstić information content (AvgIpc) is 2.96. The van der Waals surface area contributed by atoms with Crippen molar-refractivity contribution in [3.63, 3.8) is 0 Å². The molecule has 7 nitrogen and oxygen atoms in total. The molecular weight excluding hydrogens is 394 g/mol. The summed E-state index contributed by atoms with van der Waals surface area (Å²) < 4.78 is 18.6. The van der Waals surface area contributed by atoms with Crippen LogP contribution in [0.25, 0.3) is 11.0 Å². The van der Waals surface area contributed by atoms with E-state index >= 15 is 0 Å². The highest BCUT2D eigenvalue weighted by Gasteiger charge is 2.17. The third-order valence-corrected chi connectivity index (χ3v) is 5.80. The Bertz CT molecular complexity index is 1090. The molecule has 1 aromatic heterocycles. The van der Waals surface area contributed by atoms with E-state index in [9.17, 15) is 4.79 Å². The number of amides is 1. The standard InChI is InChI=1S/C24H29N3O4/c1-29-20-12-8-16(23(30-2)24(20)31-3)9-13-22(28)25-17-10-11-19-18(15-17)26-21-7-5-4-6-14-27(19)21/h8,10-12,15H,4-7,9,13-14H2,1-3H3,(H,25,28). The molecule has 0 bridgehead atoms. The second-order valence-electron chi connectivity index (χ2n) is 7.74. The lowest BCUT2D eigenvalue weighted by molar-refractivity contribution is -0.116. The van der Waals surface area contributed by atoms with Crippen molar-refractivity contribution >= 4 is 22.6 Å². The minimum atomic E-state index is -0.0584. The van der Waals surface area contributed by atoms with Crippen molar-refractivity contribution in [2.75, 3.05) is 26.6 Å². The predicted octanol–water partition coefficient (Wildman–Crippen LogP) is 4.36. The molecule has 0 atom stereocenters. The average molecular weight is 424 g/mol. The molecule has 0 fully saturated rings. The Hall–Kier alpha value is -3.22. The van der Waals surface area contributed by atoms with Gasteiger partial charge < -0.3 is 24.1 Å². The fourth-order valence-electron chi connectivity index (χ4n) is 4.26. The van der Waals surface area contributed by atoms with Crippen LogP contribution in [-0.4, -0.2) is 36.8 Å². The highest BCUT2D eigenvalue weighted by molar-refractivity contribution is 5.93. The Labute approximate surface area is 182 Å². The summed E-state index contributed by atoms with van der Waals surface area (Å²) in [6, 6.07) is 9.70. The number of carbonyl (C=O) groups excluding carboxylic acids is 1. The highest BCUT2D eigenvalue weighted by atomic mass is 16.5. The third kappa shape index (κ3) is 4.31. The van der Waals surface area contributed by atoms with E-state index in [1.165, 1.54) is 19.3 Å². The Kier molecular flexibility index (Phi) is 6.30. The first-order valence-electron chi connectivity index (χ1n) is 10.7. The number of aromatic nitrogens is 2. The summed E-state index contributed by atoms with van der Waals surface area (Å²) in [6.45, 7) is 1.02. The van der Waals surface area contributed by atoms with E-state index in [0.29, 0.717) is 30.1 Å². The summed E-state index contributed by atoms with van der Waals surface area (Å²) in [6.07, 6.45) is 5.50. The number of nitrogens with zero attached hydrogens (tertiary/aromatic N) is 2. The van der Waals surface area contributed by atoms with E-state index in [0.717, 1.165) is 41.1 Å². The van der Waals surface area contributed by atoms with Crippen LogP contribution in [0.3, 0.4) is 0 Å². The molecule has 1 aliphatic rings.